The van der Waals surface area contributed by atoms with E-state index in [1.807, 2.05) is 19.9 Å². The van der Waals surface area contributed by atoms with Gasteiger partial charge in [0.2, 0.25) is 5.91 Å². The van der Waals surface area contributed by atoms with Crippen molar-refractivity contribution >= 4 is 34.8 Å². The number of thioether (sulfide) groups is 1. The third-order valence-electron chi connectivity index (χ3n) is 6.98. The van der Waals surface area contributed by atoms with Gasteiger partial charge >= 0.3 is 0 Å². The highest BCUT2D eigenvalue weighted by Gasteiger charge is 2.43. The maximum Gasteiger partial charge on any atom is 0.231 e. The number of aromatic nitrogens is 3. The van der Waals surface area contributed by atoms with Crippen LogP contribution >= 0.6 is 23.1 Å². The Morgan fingerprint density at radius 1 is 1.26 bits per heavy atom. The summed E-state index contributed by atoms with van der Waals surface area (Å²) in [5, 5.41) is 14.7. The molecule has 2 aliphatic carbocycles. The molecule has 2 fully saturated rings. The van der Waals surface area contributed by atoms with Crippen molar-refractivity contribution in [1.82, 2.24) is 20.1 Å². The van der Waals surface area contributed by atoms with Crippen LogP contribution in [0.2, 0.25) is 0 Å². The number of thiophene rings is 1. The molecular weight excluding hydrogens is 428 g/mol. The van der Waals surface area contributed by atoms with Gasteiger partial charge in [0.25, 0.3) is 0 Å². The predicted molar refractivity (Wildman–Crippen MR) is 125 cm³/mol. The molecule has 2 aromatic rings. The van der Waals surface area contributed by atoms with Crippen molar-refractivity contribution in [2.75, 3.05) is 5.75 Å². The van der Waals surface area contributed by atoms with Crippen molar-refractivity contribution in [3.63, 3.8) is 0 Å². The number of hydrogen-bond acceptors (Lipinski definition) is 6. The Kier molecular flexibility index (Phi) is 6.86. The number of carbonyl (C=O) groups excluding carboxylic acids is 2. The summed E-state index contributed by atoms with van der Waals surface area (Å²) in [6.45, 7) is 7.71. The summed E-state index contributed by atoms with van der Waals surface area (Å²) in [6.07, 6.45) is 5.36. The average molecular weight is 461 g/mol. The van der Waals surface area contributed by atoms with Crippen LogP contribution < -0.4 is 5.32 Å². The second-order valence-corrected chi connectivity index (χ2v) is 11.3. The average Bonchev–Trinajstić information content (AvgIpc) is 3.52. The van der Waals surface area contributed by atoms with E-state index in [4.69, 9.17) is 0 Å². The van der Waals surface area contributed by atoms with Gasteiger partial charge in [-0.3, -0.25) is 14.2 Å². The van der Waals surface area contributed by atoms with E-state index in [0.29, 0.717) is 12.0 Å². The van der Waals surface area contributed by atoms with Gasteiger partial charge < -0.3 is 5.32 Å². The quantitative estimate of drug-likeness (QED) is 0.543. The number of ketones is 1. The number of nitrogens with one attached hydrogen (secondary N) is 1. The van der Waals surface area contributed by atoms with E-state index in [1.54, 1.807) is 11.3 Å². The van der Waals surface area contributed by atoms with Crippen LogP contribution in [0.15, 0.2) is 22.7 Å². The first-order valence-corrected chi connectivity index (χ1v) is 13.1. The largest absolute Gasteiger partial charge is 0.345 e. The van der Waals surface area contributed by atoms with Crippen molar-refractivity contribution in [1.29, 1.82) is 0 Å². The second-order valence-electron chi connectivity index (χ2n) is 9.42. The van der Waals surface area contributed by atoms with Crippen LogP contribution in [-0.2, 0) is 9.59 Å². The summed E-state index contributed by atoms with van der Waals surface area (Å²) < 4.78 is 2.26. The normalized spacial score (nSPS) is 24.5. The van der Waals surface area contributed by atoms with Crippen LogP contribution in [-0.4, -0.2) is 38.2 Å². The van der Waals surface area contributed by atoms with Crippen LogP contribution in [0, 0.1) is 23.7 Å². The maximum atomic E-state index is 12.6. The van der Waals surface area contributed by atoms with Crippen LogP contribution in [0.4, 0.5) is 0 Å². The first-order chi connectivity index (χ1) is 14.8. The zero-order chi connectivity index (χ0) is 22.1. The van der Waals surface area contributed by atoms with Crippen molar-refractivity contribution in [2.45, 2.75) is 70.6 Å². The number of hydrogen-bond donors (Lipinski definition) is 1. The van der Waals surface area contributed by atoms with Crippen molar-refractivity contribution in [3.05, 3.63) is 17.5 Å². The van der Waals surface area contributed by atoms with Gasteiger partial charge in [-0.1, -0.05) is 38.1 Å². The SMILES string of the molecule is CC(=O)C(NC(=O)CSc1nnc(-c2cccs2)n1C(C)C1CC2CCC1C2)C(C)C. The fraction of sp³-hybridized carbons (Fsp3) is 0.652. The summed E-state index contributed by atoms with van der Waals surface area (Å²) in [5.74, 6) is 3.35. The Morgan fingerprint density at radius 3 is 2.65 bits per heavy atom. The Morgan fingerprint density at radius 2 is 2.06 bits per heavy atom. The van der Waals surface area contributed by atoms with Crippen LogP contribution in [0.25, 0.3) is 10.7 Å². The summed E-state index contributed by atoms with van der Waals surface area (Å²) in [4.78, 5) is 25.5. The van der Waals surface area contributed by atoms with E-state index in [9.17, 15) is 9.59 Å². The number of nitrogens with zero attached hydrogens (tertiary/aromatic N) is 3. The first-order valence-electron chi connectivity index (χ1n) is 11.3. The fourth-order valence-electron chi connectivity index (χ4n) is 5.48. The minimum absolute atomic E-state index is 0.0126. The molecule has 2 heterocycles. The highest BCUT2D eigenvalue weighted by atomic mass is 32.2. The van der Waals surface area contributed by atoms with E-state index in [-0.39, 0.29) is 23.4 Å². The third kappa shape index (κ3) is 4.75. The molecule has 0 aromatic carbocycles. The Balaban J connectivity index is 1.52. The monoisotopic (exact) mass is 460 g/mol. The summed E-state index contributed by atoms with van der Waals surface area (Å²) >= 11 is 3.09. The maximum absolute atomic E-state index is 12.6. The molecule has 0 aliphatic heterocycles. The van der Waals surface area contributed by atoms with Crippen molar-refractivity contribution in [3.8, 4) is 10.7 Å². The molecule has 2 aliphatic rings. The van der Waals surface area contributed by atoms with E-state index in [1.165, 1.54) is 44.4 Å². The molecule has 6 nitrogen and oxygen atoms in total. The molecule has 4 rings (SSSR count). The molecule has 2 saturated carbocycles. The number of Topliss-reactive ketones (excluding diaryl/α,β-unsaturated/α-hetero) is 1. The molecule has 0 radical (unpaired) electrons. The molecule has 0 saturated heterocycles. The van der Waals surface area contributed by atoms with E-state index < -0.39 is 6.04 Å². The lowest BCUT2D eigenvalue weighted by Gasteiger charge is -2.30. The number of rotatable bonds is 9. The number of amides is 1. The molecule has 31 heavy (non-hydrogen) atoms. The zero-order valence-corrected chi connectivity index (χ0v) is 20.3. The van der Waals surface area contributed by atoms with Crippen LogP contribution in [0.1, 0.15) is 59.4 Å². The molecule has 0 spiro atoms. The third-order valence-corrected chi connectivity index (χ3v) is 8.79. The van der Waals surface area contributed by atoms with E-state index >= 15 is 0 Å². The summed E-state index contributed by atoms with van der Waals surface area (Å²) in [7, 11) is 0. The van der Waals surface area contributed by atoms with Crippen LogP contribution in [0.3, 0.4) is 0 Å². The second kappa shape index (κ2) is 9.45. The van der Waals surface area contributed by atoms with Gasteiger partial charge in [0.15, 0.2) is 16.8 Å². The highest BCUT2D eigenvalue weighted by Crippen LogP contribution is 2.53. The standard InChI is InChI=1S/C23H32N4O2S2/c1-13(2)21(15(4)28)24-20(29)12-31-23-26-25-22(19-6-5-9-30-19)27(23)14(3)18-11-16-7-8-17(18)10-16/h5-6,9,13-14,16-18,21H,7-8,10-12H2,1-4H3,(H,24,29). The van der Waals surface area contributed by atoms with Gasteiger partial charge in [-0.05, 0) is 68.2 Å². The molecular formula is C23H32N4O2S2. The Bertz CT molecular complexity index is 924. The molecule has 2 aromatic heterocycles. The lowest BCUT2D eigenvalue weighted by molar-refractivity contribution is -0.126. The van der Waals surface area contributed by atoms with E-state index in [0.717, 1.165) is 27.7 Å². The summed E-state index contributed by atoms with van der Waals surface area (Å²) in [6, 6.07) is 3.98. The zero-order valence-electron chi connectivity index (χ0n) is 18.7. The Hall–Kier alpha value is -1.67. The molecule has 5 unspecified atom stereocenters. The fourth-order valence-corrected chi connectivity index (χ4v) is 7.01. The van der Waals surface area contributed by atoms with Gasteiger partial charge in [0, 0.05) is 6.04 Å². The highest BCUT2D eigenvalue weighted by molar-refractivity contribution is 7.99. The molecule has 1 N–H and O–H groups in total. The van der Waals surface area contributed by atoms with Gasteiger partial charge in [-0.25, -0.2) is 0 Å². The van der Waals surface area contributed by atoms with Gasteiger partial charge in [0.1, 0.15) is 0 Å². The lowest BCUT2D eigenvalue weighted by Crippen LogP contribution is -2.44. The predicted octanol–water partition coefficient (Wildman–Crippen LogP) is 4.83. The first kappa shape index (κ1) is 22.5. The smallest absolute Gasteiger partial charge is 0.231 e. The van der Waals surface area contributed by atoms with Crippen LogP contribution in [0.5, 0.6) is 0 Å². The number of fused-ring (bicyclic) bond motifs is 2. The van der Waals surface area contributed by atoms with Gasteiger partial charge in [0.05, 0.1) is 16.7 Å². The Labute approximate surface area is 192 Å². The topological polar surface area (TPSA) is 76.9 Å². The molecule has 168 valence electrons. The molecule has 1 amide bonds. The molecule has 5 atom stereocenters. The minimum atomic E-state index is -0.444. The minimum Gasteiger partial charge on any atom is -0.345 e. The van der Waals surface area contributed by atoms with Gasteiger partial charge in [-0.2, -0.15) is 0 Å². The number of carbonyl (C=O) groups is 2. The van der Waals surface area contributed by atoms with Gasteiger partial charge in [-0.15, -0.1) is 21.5 Å². The lowest BCUT2D eigenvalue weighted by atomic mass is 9.84. The van der Waals surface area contributed by atoms with Crippen molar-refractivity contribution < 1.29 is 9.59 Å². The van der Waals surface area contributed by atoms with Crippen molar-refractivity contribution in [2.24, 2.45) is 23.7 Å². The molecule has 8 heteroatoms. The van der Waals surface area contributed by atoms with E-state index in [2.05, 4.69) is 38.5 Å². The summed E-state index contributed by atoms with van der Waals surface area (Å²) in [5.41, 5.74) is 0. The molecule has 2 bridgehead atoms.